The maximum atomic E-state index is 11.0. The van der Waals surface area contributed by atoms with Crippen LogP contribution in [0.4, 0.5) is 16.5 Å². The second-order valence-electron chi connectivity index (χ2n) is 5.09. The molecule has 3 rings (SSSR count). The molecule has 1 N–H and O–H groups in total. The van der Waals surface area contributed by atoms with Crippen molar-refractivity contribution in [2.75, 3.05) is 19.0 Å². The third kappa shape index (κ3) is 3.35. The Labute approximate surface area is 136 Å². The topological polar surface area (TPSA) is 78.2 Å². The summed E-state index contributed by atoms with van der Waals surface area (Å²) in [7, 11) is 3.95. The van der Waals surface area contributed by atoms with Crippen LogP contribution >= 0.6 is 11.3 Å². The molecule has 0 atom stereocenters. The molecule has 0 bridgehead atoms. The van der Waals surface area contributed by atoms with Gasteiger partial charge in [0.2, 0.25) is 5.13 Å². The van der Waals surface area contributed by atoms with Crippen molar-refractivity contribution in [3.05, 3.63) is 48.0 Å². The van der Waals surface area contributed by atoms with E-state index in [4.69, 9.17) is 5.11 Å². The molecule has 7 heteroatoms. The van der Waals surface area contributed by atoms with Crippen LogP contribution in [0.15, 0.2) is 52.7 Å². The third-order valence-corrected chi connectivity index (χ3v) is 4.14. The molecular formula is C16H14N4O2S. The number of thiazole rings is 1. The van der Waals surface area contributed by atoms with Gasteiger partial charge in [0.05, 0.1) is 21.5 Å². The minimum absolute atomic E-state index is 0.240. The molecule has 3 aromatic rings. The maximum absolute atomic E-state index is 11.0. The molecule has 23 heavy (non-hydrogen) atoms. The van der Waals surface area contributed by atoms with Crippen LogP contribution < -0.4 is 4.90 Å². The third-order valence-electron chi connectivity index (χ3n) is 3.24. The van der Waals surface area contributed by atoms with Gasteiger partial charge in [-0.05, 0) is 42.5 Å². The van der Waals surface area contributed by atoms with Crippen LogP contribution in [0.25, 0.3) is 10.2 Å². The summed E-state index contributed by atoms with van der Waals surface area (Å²) in [5.41, 5.74) is 2.78. The van der Waals surface area contributed by atoms with Gasteiger partial charge in [-0.1, -0.05) is 11.3 Å². The van der Waals surface area contributed by atoms with Crippen LogP contribution in [0.5, 0.6) is 0 Å². The SMILES string of the molecule is CN(C)c1ccc(/N=N/c2nc3ccc(C(=O)O)cc3s2)cc1. The van der Waals surface area contributed by atoms with Crippen LogP contribution in [0, 0.1) is 0 Å². The van der Waals surface area contributed by atoms with Gasteiger partial charge in [0.15, 0.2) is 0 Å². The molecule has 6 nitrogen and oxygen atoms in total. The molecule has 2 aromatic carbocycles. The summed E-state index contributed by atoms with van der Waals surface area (Å²) in [5, 5.41) is 17.8. The number of fused-ring (bicyclic) bond motifs is 1. The summed E-state index contributed by atoms with van der Waals surface area (Å²) in [5.74, 6) is -0.954. The molecule has 0 fully saturated rings. The fourth-order valence-corrected chi connectivity index (χ4v) is 2.83. The Hall–Kier alpha value is -2.80. The number of rotatable bonds is 4. The van der Waals surface area contributed by atoms with Crippen molar-refractivity contribution in [3.8, 4) is 0 Å². The average Bonchev–Trinajstić information content (AvgIpc) is 2.95. The number of aromatic nitrogens is 1. The Morgan fingerprint density at radius 2 is 1.87 bits per heavy atom. The van der Waals surface area contributed by atoms with E-state index in [-0.39, 0.29) is 5.56 Å². The smallest absolute Gasteiger partial charge is 0.335 e. The highest BCUT2D eigenvalue weighted by atomic mass is 32.1. The summed E-state index contributed by atoms with van der Waals surface area (Å²) < 4.78 is 0.779. The number of aromatic carboxylic acids is 1. The van der Waals surface area contributed by atoms with E-state index in [1.54, 1.807) is 12.1 Å². The predicted molar refractivity (Wildman–Crippen MR) is 91.5 cm³/mol. The lowest BCUT2D eigenvalue weighted by Gasteiger charge is -2.11. The van der Waals surface area contributed by atoms with Crippen molar-refractivity contribution in [2.24, 2.45) is 10.2 Å². The fraction of sp³-hybridized carbons (Fsp3) is 0.125. The van der Waals surface area contributed by atoms with Gasteiger partial charge in [-0.3, -0.25) is 0 Å². The lowest BCUT2D eigenvalue weighted by molar-refractivity contribution is 0.0697. The van der Waals surface area contributed by atoms with Crippen LogP contribution in [-0.4, -0.2) is 30.2 Å². The normalized spacial score (nSPS) is 11.2. The minimum Gasteiger partial charge on any atom is -0.478 e. The highest BCUT2D eigenvalue weighted by Crippen LogP contribution is 2.30. The van der Waals surface area contributed by atoms with Crippen molar-refractivity contribution in [1.29, 1.82) is 0 Å². The van der Waals surface area contributed by atoms with Crippen molar-refractivity contribution >= 4 is 44.0 Å². The van der Waals surface area contributed by atoms with E-state index in [9.17, 15) is 4.79 Å². The van der Waals surface area contributed by atoms with E-state index in [0.29, 0.717) is 5.13 Å². The van der Waals surface area contributed by atoms with Gasteiger partial charge in [-0.25, -0.2) is 9.78 Å². The van der Waals surface area contributed by atoms with Gasteiger partial charge in [0.25, 0.3) is 0 Å². The molecule has 1 aromatic heterocycles. The lowest BCUT2D eigenvalue weighted by atomic mass is 10.2. The van der Waals surface area contributed by atoms with E-state index in [1.165, 1.54) is 17.4 Å². The molecule has 0 radical (unpaired) electrons. The second-order valence-corrected chi connectivity index (χ2v) is 6.10. The van der Waals surface area contributed by atoms with E-state index >= 15 is 0 Å². The number of carboxylic acid groups (broad SMARTS) is 1. The molecular weight excluding hydrogens is 312 g/mol. The molecule has 0 unspecified atom stereocenters. The van der Waals surface area contributed by atoms with Gasteiger partial charge in [-0.15, -0.1) is 10.2 Å². The molecule has 0 aliphatic rings. The Kier molecular flexibility index (Phi) is 4.03. The van der Waals surface area contributed by atoms with E-state index in [0.717, 1.165) is 21.6 Å². The number of anilines is 1. The Bertz CT molecular complexity index is 885. The van der Waals surface area contributed by atoms with Crippen molar-refractivity contribution in [1.82, 2.24) is 4.98 Å². The Morgan fingerprint density at radius 1 is 1.13 bits per heavy atom. The molecule has 0 amide bonds. The van der Waals surface area contributed by atoms with Crippen LogP contribution in [-0.2, 0) is 0 Å². The van der Waals surface area contributed by atoms with Gasteiger partial charge in [0.1, 0.15) is 0 Å². The highest BCUT2D eigenvalue weighted by molar-refractivity contribution is 7.21. The van der Waals surface area contributed by atoms with Gasteiger partial charge in [0, 0.05) is 19.8 Å². The van der Waals surface area contributed by atoms with Gasteiger partial charge >= 0.3 is 5.97 Å². The Morgan fingerprint density at radius 3 is 2.52 bits per heavy atom. The first-order chi connectivity index (χ1) is 11.0. The molecule has 0 aliphatic heterocycles. The van der Waals surface area contributed by atoms with Crippen LogP contribution in [0.2, 0.25) is 0 Å². The van der Waals surface area contributed by atoms with Gasteiger partial charge in [-0.2, -0.15) is 0 Å². The van der Waals surface area contributed by atoms with Crippen molar-refractivity contribution in [3.63, 3.8) is 0 Å². The zero-order valence-electron chi connectivity index (χ0n) is 12.6. The summed E-state index contributed by atoms with van der Waals surface area (Å²) >= 11 is 1.31. The van der Waals surface area contributed by atoms with Gasteiger partial charge < -0.3 is 10.0 Å². The predicted octanol–water partition coefficient (Wildman–Crippen LogP) is 4.48. The molecule has 0 spiro atoms. The average molecular weight is 326 g/mol. The molecule has 0 saturated heterocycles. The molecule has 116 valence electrons. The first-order valence-electron chi connectivity index (χ1n) is 6.86. The summed E-state index contributed by atoms with van der Waals surface area (Å²) in [6.45, 7) is 0. The van der Waals surface area contributed by atoms with Crippen LogP contribution in [0.3, 0.4) is 0 Å². The number of carbonyl (C=O) groups is 1. The van der Waals surface area contributed by atoms with Crippen molar-refractivity contribution < 1.29 is 9.90 Å². The van der Waals surface area contributed by atoms with Crippen LogP contribution in [0.1, 0.15) is 10.4 Å². The lowest BCUT2D eigenvalue weighted by Crippen LogP contribution is -2.07. The number of azo groups is 1. The van der Waals surface area contributed by atoms with Crippen molar-refractivity contribution in [2.45, 2.75) is 0 Å². The fourth-order valence-electron chi connectivity index (χ4n) is 2.01. The monoisotopic (exact) mass is 326 g/mol. The number of benzene rings is 2. The minimum atomic E-state index is -0.954. The standard InChI is InChI=1S/C16H14N4O2S/c1-20(2)12-6-4-11(5-7-12)18-19-16-17-13-8-3-10(15(21)22)9-14(13)23-16/h3-9H,1-2H3,(H,21,22)/b19-18+. The highest BCUT2D eigenvalue weighted by Gasteiger charge is 2.08. The maximum Gasteiger partial charge on any atom is 0.335 e. The Balaban J connectivity index is 1.84. The molecule has 0 saturated carbocycles. The quantitative estimate of drug-likeness (QED) is 0.717. The first kappa shape index (κ1) is 15.1. The summed E-state index contributed by atoms with van der Waals surface area (Å²) in [6.07, 6.45) is 0. The summed E-state index contributed by atoms with van der Waals surface area (Å²) in [4.78, 5) is 17.3. The number of carboxylic acids is 1. The number of hydrogen-bond acceptors (Lipinski definition) is 6. The largest absolute Gasteiger partial charge is 0.478 e. The van der Waals surface area contributed by atoms with E-state index in [2.05, 4.69) is 15.2 Å². The van der Waals surface area contributed by atoms with E-state index in [1.807, 2.05) is 43.3 Å². The zero-order valence-corrected chi connectivity index (χ0v) is 13.4. The second kappa shape index (κ2) is 6.13. The number of hydrogen-bond donors (Lipinski definition) is 1. The molecule has 0 aliphatic carbocycles. The summed E-state index contributed by atoms with van der Waals surface area (Å²) in [6, 6.07) is 12.5. The first-order valence-corrected chi connectivity index (χ1v) is 7.67. The zero-order chi connectivity index (χ0) is 16.4. The number of nitrogens with zero attached hydrogens (tertiary/aromatic N) is 4. The van der Waals surface area contributed by atoms with E-state index < -0.39 is 5.97 Å². The molecule has 1 heterocycles.